The number of nitrogens with zero attached hydrogens (tertiary/aromatic N) is 1. The van der Waals surface area contributed by atoms with Crippen molar-refractivity contribution in [3.63, 3.8) is 0 Å². The molecule has 0 spiro atoms. The zero-order valence-electron chi connectivity index (χ0n) is 18.3. The lowest BCUT2D eigenvalue weighted by molar-refractivity contribution is -0.119. The molecular weight excluding hydrogens is 412 g/mol. The first-order chi connectivity index (χ1) is 14.9. The summed E-state index contributed by atoms with van der Waals surface area (Å²) in [4.78, 5) is 12.8. The molecule has 0 atom stereocenters. The van der Waals surface area contributed by atoms with E-state index in [0.717, 1.165) is 18.4 Å². The number of amides is 1. The Morgan fingerprint density at radius 1 is 1.03 bits per heavy atom. The maximum Gasteiger partial charge on any atom is 0.264 e. The molecule has 7 heteroatoms. The molecule has 31 heavy (non-hydrogen) atoms. The maximum absolute atomic E-state index is 13.4. The fourth-order valence-electron chi connectivity index (χ4n) is 3.86. The number of benzene rings is 2. The van der Waals surface area contributed by atoms with Crippen LogP contribution in [0.25, 0.3) is 0 Å². The topological polar surface area (TPSA) is 75.7 Å². The summed E-state index contributed by atoms with van der Waals surface area (Å²) in [6.07, 6.45) is 5.88. The first kappa shape index (κ1) is 23.1. The van der Waals surface area contributed by atoms with Gasteiger partial charge in [-0.2, -0.15) is 0 Å². The van der Waals surface area contributed by atoms with Crippen molar-refractivity contribution in [3.8, 4) is 5.75 Å². The minimum atomic E-state index is -3.92. The summed E-state index contributed by atoms with van der Waals surface area (Å²) < 4.78 is 33.5. The Hall–Kier alpha value is -2.54. The van der Waals surface area contributed by atoms with Crippen LogP contribution in [0, 0.1) is 12.8 Å². The van der Waals surface area contributed by atoms with Crippen molar-refractivity contribution in [2.45, 2.75) is 50.8 Å². The smallest absolute Gasteiger partial charge is 0.264 e. The van der Waals surface area contributed by atoms with Crippen molar-refractivity contribution in [2.75, 3.05) is 24.0 Å². The number of anilines is 1. The van der Waals surface area contributed by atoms with Crippen LogP contribution in [0.5, 0.6) is 5.75 Å². The van der Waals surface area contributed by atoms with Crippen LogP contribution in [0.4, 0.5) is 5.69 Å². The third-order valence-electron chi connectivity index (χ3n) is 5.64. The molecule has 0 saturated heterocycles. The normalized spacial score (nSPS) is 14.8. The first-order valence-corrected chi connectivity index (χ1v) is 12.4. The van der Waals surface area contributed by atoms with Crippen LogP contribution in [-0.4, -0.2) is 34.0 Å². The number of sulfonamides is 1. The van der Waals surface area contributed by atoms with Crippen molar-refractivity contribution >= 4 is 21.6 Å². The van der Waals surface area contributed by atoms with Crippen LogP contribution in [-0.2, 0) is 14.8 Å². The first-order valence-electron chi connectivity index (χ1n) is 11.0. The molecule has 168 valence electrons. The van der Waals surface area contributed by atoms with Gasteiger partial charge in [-0.1, -0.05) is 37.0 Å². The summed E-state index contributed by atoms with van der Waals surface area (Å²) >= 11 is 0. The minimum absolute atomic E-state index is 0.122. The van der Waals surface area contributed by atoms with Gasteiger partial charge in [0, 0.05) is 6.54 Å². The Morgan fingerprint density at radius 2 is 1.68 bits per heavy atom. The number of nitrogens with one attached hydrogen (secondary N) is 1. The van der Waals surface area contributed by atoms with Gasteiger partial charge in [-0.3, -0.25) is 9.10 Å². The third kappa shape index (κ3) is 6.23. The van der Waals surface area contributed by atoms with Gasteiger partial charge in [-0.25, -0.2) is 8.42 Å². The van der Waals surface area contributed by atoms with Crippen molar-refractivity contribution in [1.29, 1.82) is 0 Å². The van der Waals surface area contributed by atoms with Gasteiger partial charge >= 0.3 is 0 Å². The molecule has 2 aromatic carbocycles. The van der Waals surface area contributed by atoms with E-state index in [1.165, 1.54) is 35.7 Å². The number of aryl methyl sites for hydroxylation is 1. The maximum atomic E-state index is 13.4. The van der Waals surface area contributed by atoms with Crippen LogP contribution in [0.2, 0.25) is 0 Å². The molecule has 0 radical (unpaired) electrons. The molecule has 1 N–H and O–H groups in total. The molecule has 0 aliphatic heterocycles. The van der Waals surface area contributed by atoms with Crippen LogP contribution in [0.1, 0.15) is 44.6 Å². The van der Waals surface area contributed by atoms with E-state index in [1.54, 1.807) is 24.3 Å². The lowest BCUT2D eigenvalue weighted by Gasteiger charge is -2.26. The molecule has 1 fully saturated rings. The average molecular weight is 445 g/mol. The summed E-state index contributed by atoms with van der Waals surface area (Å²) in [6, 6.07) is 13.4. The van der Waals surface area contributed by atoms with Gasteiger partial charge in [-0.15, -0.1) is 0 Å². The molecule has 0 heterocycles. The van der Waals surface area contributed by atoms with E-state index in [4.69, 9.17) is 4.74 Å². The number of carbonyl (C=O) groups excluding carboxylic acids is 1. The Labute approximate surface area is 185 Å². The van der Waals surface area contributed by atoms with E-state index in [-0.39, 0.29) is 17.3 Å². The lowest BCUT2D eigenvalue weighted by atomic mass is 9.89. The summed E-state index contributed by atoms with van der Waals surface area (Å²) in [5.41, 5.74) is 1.48. The Kier molecular flexibility index (Phi) is 7.96. The number of ether oxygens (including phenoxy) is 1. The minimum Gasteiger partial charge on any atom is -0.494 e. The molecule has 2 aromatic rings. The lowest BCUT2D eigenvalue weighted by Crippen LogP contribution is -2.42. The standard InChI is InChI=1S/C24H32N2O4S/c1-3-30-22-13-15-23(16-14-22)31(28,29)26(21-11-9-19(2)10-12-21)18-24(27)25-17-20-7-5-4-6-8-20/h9-16,20H,3-8,17-18H2,1-2H3,(H,25,27). The zero-order chi connectivity index (χ0) is 22.3. The fraction of sp³-hybridized carbons (Fsp3) is 0.458. The Bertz CT molecular complexity index is 950. The quantitative estimate of drug-likeness (QED) is 0.626. The van der Waals surface area contributed by atoms with Gasteiger partial charge in [0.2, 0.25) is 5.91 Å². The molecule has 1 aliphatic rings. The molecular formula is C24H32N2O4S. The van der Waals surface area contributed by atoms with E-state index in [2.05, 4.69) is 5.32 Å². The van der Waals surface area contributed by atoms with Gasteiger partial charge in [-0.05, 0) is 69.0 Å². The molecule has 1 amide bonds. The van der Waals surface area contributed by atoms with E-state index in [1.807, 2.05) is 26.0 Å². The van der Waals surface area contributed by atoms with Gasteiger partial charge < -0.3 is 10.1 Å². The van der Waals surface area contributed by atoms with Gasteiger partial charge in [0.25, 0.3) is 10.0 Å². The van der Waals surface area contributed by atoms with Crippen molar-refractivity contribution in [3.05, 3.63) is 54.1 Å². The molecule has 3 rings (SSSR count). The van der Waals surface area contributed by atoms with E-state index >= 15 is 0 Å². The molecule has 0 aromatic heterocycles. The summed E-state index contributed by atoms with van der Waals surface area (Å²) in [5.74, 6) is 0.794. The van der Waals surface area contributed by atoms with Crippen molar-refractivity contribution in [1.82, 2.24) is 5.32 Å². The monoisotopic (exact) mass is 444 g/mol. The second-order valence-corrected chi connectivity index (χ2v) is 9.92. The largest absolute Gasteiger partial charge is 0.494 e. The highest BCUT2D eigenvalue weighted by Crippen LogP contribution is 2.26. The van der Waals surface area contributed by atoms with E-state index in [0.29, 0.717) is 30.5 Å². The van der Waals surface area contributed by atoms with Crippen molar-refractivity contribution < 1.29 is 17.9 Å². The highest BCUT2D eigenvalue weighted by Gasteiger charge is 2.27. The molecule has 0 bridgehead atoms. The van der Waals surface area contributed by atoms with Gasteiger partial charge in [0.05, 0.1) is 17.2 Å². The zero-order valence-corrected chi connectivity index (χ0v) is 19.2. The second kappa shape index (κ2) is 10.7. The van der Waals surface area contributed by atoms with E-state index in [9.17, 15) is 13.2 Å². The van der Waals surface area contributed by atoms with E-state index < -0.39 is 10.0 Å². The van der Waals surface area contributed by atoms with Crippen LogP contribution < -0.4 is 14.4 Å². The van der Waals surface area contributed by atoms with Crippen LogP contribution >= 0.6 is 0 Å². The molecule has 1 saturated carbocycles. The molecule has 0 unspecified atom stereocenters. The van der Waals surface area contributed by atoms with Crippen LogP contribution in [0.3, 0.4) is 0 Å². The number of carbonyl (C=O) groups is 1. The van der Waals surface area contributed by atoms with Crippen LogP contribution in [0.15, 0.2) is 53.4 Å². The molecule has 6 nitrogen and oxygen atoms in total. The Balaban J connectivity index is 1.79. The Morgan fingerprint density at radius 3 is 2.29 bits per heavy atom. The van der Waals surface area contributed by atoms with Gasteiger partial charge in [0.15, 0.2) is 0 Å². The summed E-state index contributed by atoms with van der Waals surface area (Å²) in [7, 11) is -3.92. The SMILES string of the molecule is CCOc1ccc(S(=O)(=O)N(CC(=O)NCC2CCCCC2)c2ccc(C)cc2)cc1. The summed E-state index contributed by atoms with van der Waals surface area (Å²) in [6.45, 7) is 4.65. The second-order valence-electron chi connectivity index (χ2n) is 8.06. The average Bonchev–Trinajstić information content (AvgIpc) is 2.78. The third-order valence-corrected chi connectivity index (χ3v) is 7.43. The van der Waals surface area contributed by atoms with Crippen molar-refractivity contribution in [2.24, 2.45) is 5.92 Å². The number of hydrogen-bond donors (Lipinski definition) is 1. The highest BCUT2D eigenvalue weighted by atomic mass is 32.2. The predicted molar refractivity (Wildman–Crippen MR) is 123 cm³/mol. The number of hydrogen-bond acceptors (Lipinski definition) is 4. The highest BCUT2D eigenvalue weighted by molar-refractivity contribution is 7.92. The fourth-order valence-corrected chi connectivity index (χ4v) is 5.28. The number of rotatable bonds is 9. The summed E-state index contributed by atoms with van der Waals surface area (Å²) in [5, 5.41) is 2.95. The predicted octanol–water partition coefficient (Wildman–Crippen LogP) is 4.29. The van der Waals surface area contributed by atoms with Gasteiger partial charge in [0.1, 0.15) is 12.3 Å². The molecule has 1 aliphatic carbocycles.